The number of aryl methyl sites for hydroxylation is 2. The fraction of sp³-hybridized carbons (Fsp3) is 0.353. The van der Waals surface area contributed by atoms with E-state index in [0.717, 1.165) is 5.56 Å². The summed E-state index contributed by atoms with van der Waals surface area (Å²) < 4.78 is 7.22. The van der Waals surface area contributed by atoms with Crippen LogP contribution in [0, 0.1) is 6.92 Å². The molecule has 0 spiro atoms. The number of aromatic nitrogens is 2. The zero-order valence-corrected chi connectivity index (χ0v) is 14.7. The van der Waals surface area contributed by atoms with Gasteiger partial charge in [0.15, 0.2) is 6.10 Å². The van der Waals surface area contributed by atoms with Gasteiger partial charge in [0, 0.05) is 23.7 Å². The van der Waals surface area contributed by atoms with E-state index in [2.05, 4.69) is 10.4 Å². The minimum absolute atomic E-state index is 0.0349. The van der Waals surface area contributed by atoms with Gasteiger partial charge in [-0.2, -0.15) is 5.10 Å². The van der Waals surface area contributed by atoms with E-state index in [1.165, 1.54) is 6.20 Å². The molecular formula is C17H19ClN3O4-. The number of carbonyl (C=O) groups excluding carboxylic acids is 2. The third-order valence-corrected chi connectivity index (χ3v) is 3.71. The summed E-state index contributed by atoms with van der Waals surface area (Å²) in [5.74, 6) is -0.821. The molecule has 0 bridgehead atoms. The second kappa shape index (κ2) is 8.53. The van der Waals surface area contributed by atoms with Gasteiger partial charge in [-0.25, -0.2) is 0 Å². The summed E-state index contributed by atoms with van der Waals surface area (Å²) in [6.45, 7) is 3.93. The summed E-state index contributed by atoms with van der Waals surface area (Å²) in [5.41, 5.74) is 1.36. The predicted octanol–water partition coefficient (Wildman–Crippen LogP) is 1.78. The molecule has 0 aliphatic rings. The lowest BCUT2D eigenvalue weighted by atomic mass is 10.2. The van der Waals surface area contributed by atoms with Crippen molar-refractivity contribution in [2.24, 2.45) is 0 Å². The second-order valence-corrected chi connectivity index (χ2v) is 6.06. The van der Waals surface area contributed by atoms with Crippen molar-refractivity contribution >= 4 is 29.2 Å². The molecule has 0 unspecified atom stereocenters. The number of carboxylic acids is 1. The third kappa shape index (κ3) is 5.79. The highest BCUT2D eigenvalue weighted by molar-refractivity contribution is 6.30. The van der Waals surface area contributed by atoms with Gasteiger partial charge in [0.1, 0.15) is 5.75 Å². The number of carboxylic acid groups (broad SMARTS) is 1. The number of hydrogen-bond donors (Lipinski definition) is 1. The minimum atomic E-state index is -1.09. The molecule has 1 heterocycles. The quantitative estimate of drug-likeness (QED) is 0.770. The maximum absolute atomic E-state index is 12.2. The molecule has 2 rings (SSSR count). The normalized spacial score (nSPS) is 11.8. The summed E-state index contributed by atoms with van der Waals surface area (Å²) in [6.07, 6.45) is 2.80. The number of ether oxygens (including phenoxy) is 1. The Morgan fingerprint density at radius 1 is 1.44 bits per heavy atom. The summed E-state index contributed by atoms with van der Waals surface area (Å²) in [5, 5.41) is 17.8. The van der Waals surface area contributed by atoms with Crippen LogP contribution in [0.2, 0.25) is 5.02 Å². The summed E-state index contributed by atoms with van der Waals surface area (Å²) in [4.78, 5) is 22.6. The van der Waals surface area contributed by atoms with Crippen LogP contribution in [0.3, 0.4) is 0 Å². The van der Waals surface area contributed by atoms with Crippen LogP contribution < -0.4 is 15.2 Å². The van der Waals surface area contributed by atoms with Gasteiger partial charge in [-0.05, 0) is 50.5 Å². The molecule has 0 aliphatic heterocycles. The largest absolute Gasteiger partial charge is 0.550 e. The summed E-state index contributed by atoms with van der Waals surface area (Å²) in [6, 6.07) is 5.18. The van der Waals surface area contributed by atoms with Crippen molar-refractivity contribution in [3.63, 3.8) is 0 Å². The second-order valence-electron chi connectivity index (χ2n) is 5.63. The van der Waals surface area contributed by atoms with Crippen LogP contribution in [-0.4, -0.2) is 27.8 Å². The Morgan fingerprint density at radius 2 is 2.20 bits per heavy atom. The van der Waals surface area contributed by atoms with E-state index in [4.69, 9.17) is 16.3 Å². The third-order valence-electron chi connectivity index (χ3n) is 3.48. The van der Waals surface area contributed by atoms with E-state index in [-0.39, 0.29) is 12.3 Å². The van der Waals surface area contributed by atoms with E-state index in [1.54, 1.807) is 36.0 Å². The fourth-order valence-corrected chi connectivity index (χ4v) is 2.40. The van der Waals surface area contributed by atoms with Gasteiger partial charge in [-0.15, -0.1) is 0 Å². The number of halogens is 1. The predicted molar refractivity (Wildman–Crippen MR) is 91.4 cm³/mol. The molecule has 134 valence electrons. The Balaban J connectivity index is 1.88. The van der Waals surface area contributed by atoms with Crippen LogP contribution in [0.15, 0.2) is 30.6 Å². The first kappa shape index (κ1) is 18.8. The molecule has 2 aromatic rings. The molecule has 8 heteroatoms. The summed E-state index contributed by atoms with van der Waals surface area (Å²) >= 11 is 5.90. The van der Waals surface area contributed by atoms with Gasteiger partial charge >= 0.3 is 0 Å². The topological polar surface area (TPSA) is 96.3 Å². The number of carbonyl (C=O) groups is 2. The van der Waals surface area contributed by atoms with Gasteiger partial charge in [-0.3, -0.25) is 9.48 Å². The minimum Gasteiger partial charge on any atom is -0.550 e. The van der Waals surface area contributed by atoms with Crippen LogP contribution >= 0.6 is 11.6 Å². The van der Waals surface area contributed by atoms with E-state index >= 15 is 0 Å². The lowest BCUT2D eigenvalue weighted by molar-refractivity contribution is -0.305. The van der Waals surface area contributed by atoms with E-state index in [9.17, 15) is 14.7 Å². The Bertz CT molecular complexity index is 760. The highest BCUT2D eigenvalue weighted by Crippen LogP contribution is 2.23. The maximum Gasteiger partial charge on any atom is 0.265 e. The van der Waals surface area contributed by atoms with Crippen molar-refractivity contribution in [3.8, 4) is 5.75 Å². The molecule has 0 saturated carbocycles. The van der Waals surface area contributed by atoms with Gasteiger partial charge in [-0.1, -0.05) is 11.6 Å². The van der Waals surface area contributed by atoms with Gasteiger partial charge < -0.3 is 20.0 Å². The molecule has 0 fully saturated rings. The Morgan fingerprint density at radius 3 is 2.88 bits per heavy atom. The molecule has 7 nitrogen and oxygen atoms in total. The molecule has 1 aromatic carbocycles. The zero-order chi connectivity index (χ0) is 18.4. The Kier molecular flexibility index (Phi) is 6.41. The number of aliphatic carboxylic acids is 1. The Labute approximate surface area is 150 Å². The highest BCUT2D eigenvalue weighted by atomic mass is 35.5. The summed E-state index contributed by atoms with van der Waals surface area (Å²) in [7, 11) is 0. The number of benzene rings is 1. The fourth-order valence-electron chi connectivity index (χ4n) is 2.17. The van der Waals surface area contributed by atoms with E-state index < -0.39 is 12.1 Å². The maximum atomic E-state index is 12.2. The molecule has 1 atom stereocenters. The van der Waals surface area contributed by atoms with Crippen molar-refractivity contribution in [1.82, 2.24) is 9.78 Å². The number of anilines is 1. The van der Waals surface area contributed by atoms with Crippen molar-refractivity contribution < 1.29 is 19.4 Å². The van der Waals surface area contributed by atoms with Crippen LogP contribution in [0.1, 0.15) is 25.3 Å². The van der Waals surface area contributed by atoms with Crippen molar-refractivity contribution in [3.05, 3.63) is 41.2 Å². The van der Waals surface area contributed by atoms with E-state index in [1.807, 2.05) is 6.92 Å². The number of nitrogens with zero attached hydrogens (tertiary/aromatic N) is 2. The first-order chi connectivity index (χ1) is 11.8. The van der Waals surface area contributed by atoms with Crippen molar-refractivity contribution in [2.75, 3.05) is 5.32 Å². The molecular weight excluding hydrogens is 346 g/mol. The number of nitrogens with one attached hydrogen (secondary N) is 1. The number of hydrogen-bond acceptors (Lipinski definition) is 5. The standard InChI is InChI=1S/C17H20ClN3O4/c1-11-8-13(18)5-6-15(11)25-12(2)17(24)20-14-9-19-21(10-14)7-3-4-16(22)23/h5-6,8-10,12H,3-4,7H2,1-2H3,(H,20,24)(H,22,23)/p-1/t12-/m0/s1. The lowest BCUT2D eigenvalue weighted by Gasteiger charge is -2.15. The van der Waals surface area contributed by atoms with Crippen LogP contribution in [0.25, 0.3) is 0 Å². The van der Waals surface area contributed by atoms with Crippen LogP contribution in [-0.2, 0) is 16.1 Å². The Hall–Kier alpha value is -2.54. The van der Waals surface area contributed by atoms with Gasteiger partial charge in [0.25, 0.3) is 5.91 Å². The van der Waals surface area contributed by atoms with E-state index in [0.29, 0.717) is 29.4 Å². The molecule has 1 N–H and O–H groups in total. The van der Waals surface area contributed by atoms with Gasteiger partial charge in [0.05, 0.1) is 11.9 Å². The van der Waals surface area contributed by atoms with Crippen LogP contribution in [0.5, 0.6) is 5.75 Å². The first-order valence-corrected chi connectivity index (χ1v) is 8.19. The van der Waals surface area contributed by atoms with Crippen molar-refractivity contribution in [2.45, 2.75) is 39.3 Å². The molecule has 0 radical (unpaired) electrons. The lowest BCUT2D eigenvalue weighted by Crippen LogP contribution is -2.30. The first-order valence-electron chi connectivity index (χ1n) is 7.81. The number of rotatable bonds is 8. The monoisotopic (exact) mass is 364 g/mol. The highest BCUT2D eigenvalue weighted by Gasteiger charge is 2.16. The molecule has 0 saturated heterocycles. The molecule has 1 aromatic heterocycles. The SMILES string of the molecule is Cc1cc(Cl)ccc1O[C@@H](C)C(=O)Nc1cnn(CCCC(=O)[O-])c1. The average Bonchev–Trinajstić information content (AvgIpc) is 2.97. The number of amides is 1. The molecule has 25 heavy (non-hydrogen) atoms. The molecule has 0 aliphatic carbocycles. The van der Waals surface area contributed by atoms with Gasteiger partial charge in [0.2, 0.25) is 0 Å². The van der Waals surface area contributed by atoms with Crippen LogP contribution in [0.4, 0.5) is 5.69 Å². The zero-order valence-electron chi connectivity index (χ0n) is 14.0. The smallest absolute Gasteiger partial charge is 0.265 e. The van der Waals surface area contributed by atoms with Crippen molar-refractivity contribution in [1.29, 1.82) is 0 Å². The average molecular weight is 365 g/mol. The molecule has 1 amide bonds.